The molecule has 0 spiro atoms. The summed E-state index contributed by atoms with van der Waals surface area (Å²) < 4.78 is 7.07. The van der Waals surface area contributed by atoms with Gasteiger partial charge in [-0.25, -0.2) is 4.79 Å². The average molecular weight is 353 g/mol. The van der Waals surface area contributed by atoms with Gasteiger partial charge in [0.05, 0.1) is 16.0 Å². The first-order valence-electron chi connectivity index (χ1n) is 7.60. The third kappa shape index (κ3) is 3.54. The Morgan fingerprint density at radius 1 is 1.36 bits per heavy atom. The van der Waals surface area contributed by atoms with Crippen molar-refractivity contribution in [2.45, 2.75) is 19.6 Å². The molecule has 3 aromatic heterocycles. The van der Waals surface area contributed by atoms with E-state index in [-0.39, 0.29) is 12.5 Å². The molecular formula is C18H15N3O3S. The highest BCUT2D eigenvalue weighted by Gasteiger charge is 2.19. The van der Waals surface area contributed by atoms with Gasteiger partial charge in [0, 0.05) is 18.0 Å². The Hall–Kier alpha value is -3.11. The molecular weight excluding hydrogens is 338 g/mol. The first-order chi connectivity index (χ1) is 12.1. The summed E-state index contributed by atoms with van der Waals surface area (Å²) in [5, 5.41) is 13.7. The van der Waals surface area contributed by atoms with E-state index in [0.717, 1.165) is 5.52 Å². The van der Waals surface area contributed by atoms with E-state index >= 15 is 0 Å². The first kappa shape index (κ1) is 16.7. The minimum atomic E-state index is -0.780. The van der Waals surface area contributed by atoms with Crippen molar-refractivity contribution in [3.8, 4) is 6.07 Å². The number of aromatic nitrogens is 1. The van der Waals surface area contributed by atoms with Crippen molar-refractivity contribution in [3.05, 3.63) is 64.1 Å². The van der Waals surface area contributed by atoms with Crippen LogP contribution >= 0.6 is 11.3 Å². The van der Waals surface area contributed by atoms with Crippen molar-refractivity contribution in [3.63, 3.8) is 0 Å². The van der Waals surface area contributed by atoms with E-state index < -0.39 is 12.0 Å². The van der Waals surface area contributed by atoms with Crippen LogP contribution < -0.4 is 5.32 Å². The summed E-state index contributed by atoms with van der Waals surface area (Å²) in [5.74, 6) is -0.865. The topological polar surface area (TPSA) is 83.6 Å². The van der Waals surface area contributed by atoms with Gasteiger partial charge in [-0.15, -0.1) is 11.3 Å². The smallest absolute Gasteiger partial charge is 0.328 e. The number of hydrogen-bond acceptors (Lipinski definition) is 5. The maximum Gasteiger partial charge on any atom is 0.328 e. The van der Waals surface area contributed by atoms with Crippen molar-refractivity contribution in [2.24, 2.45) is 0 Å². The third-order valence-corrected chi connectivity index (χ3v) is 4.56. The van der Waals surface area contributed by atoms with Crippen molar-refractivity contribution in [1.82, 2.24) is 9.72 Å². The van der Waals surface area contributed by atoms with Crippen LogP contribution in [0.4, 0.5) is 0 Å². The summed E-state index contributed by atoms with van der Waals surface area (Å²) in [6.45, 7) is 1.54. The van der Waals surface area contributed by atoms with Gasteiger partial charge in [0.15, 0.2) is 0 Å². The number of nitrogens with one attached hydrogen (secondary N) is 1. The minimum Gasteiger partial charge on any atom is -0.459 e. The fourth-order valence-electron chi connectivity index (χ4n) is 2.42. The van der Waals surface area contributed by atoms with Gasteiger partial charge < -0.3 is 14.5 Å². The fraction of sp³-hybridized carbons (Fsp3) is 0.167. The molecule has 0 aromatic carbocycles. The molecule has 0 aliphatic rings. The maximum atomic E-state index is 12.1. The lowest BCUT2D eigenvalue weighted by atomic mass is 10.2. The number of esters is 1. The van der Waals surface area contributed by atoms with Gasteiger partial charge in [-0.05, 0) is 30.5 Å². The van der Waals surface area contributed by atoms with E-state index in [0.29, 0.717) is 16.0 Å². The largest absolute Gasteiger partial charge is 0.459 e. The second-order valence-corrected chi connectivity index (χ2v) is 6.36. The zero-order chi connectivity index (χ0) is 17.8. The van der Waals surface area contributed by atoms with E-state index in [1.54, 1.807) is 30.6 Å². The number of hydrogen-bond donors (Lipinski definition) is 1. The summed E-state index contributed by atoms with van der Waals surface area (Å²) in [6, 6.07) is 10.3. The molecule has 0 radical (unpaired) electrons. The van der Waals surface area contributed by atoms with Gasteiger partial charge in [-0.3, -0.25) is 4.79 Å². The number of pyridine rings is 1. The molecule has 1 atom stereocenters. The molecule has 126 valence electrons. The van der Waals surface area contributed by atoms with Crippen LogP contribution in [0.25, 0.3) is 5.52 Å². The van der Waals surface area contributed by atoms with E-state index in [9.17, 15) is 14.9 Å². The van der Waals surface area contributed by atoms with Gasteiger partial charge in [0.1, 0.15) is 18.7 Å². The Morgan fingerprint density at radius 2 is 2.20 bits per heavy atom. The van der Waals surface area contributed by atoms with E-state index in [4.69, 9.17) is 4.74 Å². The molecule has 3 heterocycles. The maximum absolute atomic E-state index is 12.1. The summed E-state index contributed by atoms with van der Waals surface area (Å²) in [5.41, 5.74) is 1.86. The monoisotopic (exact) mass is 353 g/mol. The van der Waals surface area contributed by atoms with Crippen LogP contribution in [0, 0.1) is 11.3 Å². The summed E-state index contributed by atoms with van der Waals surface area (Å²) in [7, 11) is 0. The van der Waals surface area contributed by atoms with Crippen LogP contribution in [-0.4, -0.2) is 22.3 Å². The number of rotatable bonds is 5. The lowest BCUT2D eigenvalue weighted by molar-refractivity contribution is -0.146. The molecule has 1 N–H and O–H groups in total. The molecule has 0 aliphatic heterocycles. The predicted octanol–water partition coefficient (Wildman–Crippen LogP) is 2.73. The first-order valence-corrected chi connectivity index (χ1v) is 8.48. The number of nitrogens with zero attached hydrogens (tertiary/aromatic N) is 2. The fourth-order valence-corrected chi connectivity index (χ4v) is 3.05. The number of carbonyl (C=O) groups excluding carboxylic acids is 2. The van der Waals surface area contributed by atoms with Crippen LogP contribution in [0.1, 0.15) is 27.7 Å². The van der Waals surface area contributed by atoms with Gasteiger partial charge >= 0.3 is 5.97 Å². The van der Waals surface area contributed by atoms with Crippen molar-refractivity contribution in [1.29, 1.82) is 5.26 Å². The van der Waals surface area contributed by atoms with Crippen LogP contribution in [0.3, 0.4) is 0 Å². The number of nitriles is 1. The Labute approximate surface area is 148 Å². The molecule has 1 unspecified atom stereocenters. The van der Waals surface area contributed by atoms with Gasteiger partial charge in [0.2, 0.25) is 0 Å². The van der Waals surface area contributed by atoms with Gasteiger partial charge in [-0.1, -0.05) is 12.1 Å². The SMILES string of the molecule is CC(NC(=O)c1cccs1)C(=O)OCc1cn2ccccc2c1C#N. The molecule has 6 nitrogen and oxygen atoms in total. The van der Waals surface area contributed by atoms with Crippen LogP contribution in [0.5, 0.6) is 0 Å². The highest BCUT2D eigenvalue weighted by atomic mass is 32.1. The molecule has 7 heteroatoms. The molecule has 0 saturated heterocycles. The average Bonchev–Trinajstić information content (AvgIpc) is 3.26. The number of fused-ring (bicyclic) bond motifs is 1. The lowest BCUT2D eigenvalue weighted by Gasteiger charge is -2.12. The van der Waals surface area contributed by atoms with E-state index in [1.165, 1.54) is 11.3 Å². The molecule has 3 aromatic rings. The molecule has 3 rings (SSSR count). The molecule has 1 amide bonds. The standard InChI is InChI=1S/C18H15N3O3S/c1-12(20-17(22)16-6-4-8-25-16)18(23)24-11-13-10-21-7-3-2-5-15(21)14(13)9-19/h2-8,10,12H,11H2,1H3,(H,20,22). The molecule has 25 heavy (non-hydrogen) atoms. The van der Waals surface area contributed by atoms with E-state index in [2.05, 4.69) is 11.4 Å². The quantitative estimate of drug-likeness (QED) is 0.715. The zero-order valence-corrected chi connectivity index (χ0v) is 14.2. The third-order valence-electron chi connectivity index (χ3n) is 3.69. The summed E-state index contributed by atoms with van der Waals surface area (Å²) in [4.78, 5) is 24.6. The minimum absolute atomic E-state index is 0.0252. The highest BCUT2D eigenvalue weighted by Crippen LogP contribution is 2.18. The van der Waals surface area contributed by atoms with Crippen LogP contribution in [-0.2, 0) is 16.1 Å². The molecule has 0 fully saturated rings. The summed E-state index contributed by atoms with van der Waals surface area (Å²) >= 11 is 1.30. The Balaban J connectivity index is 1.64. The second-order valence-electron chi connectivity index (χ2n) is 5.41. The normalized spacial score (nSPS) is 11.7. The van der Waals surface area contributed by atoms with Crippen molar-refractivity contribution in [2.75, 3.05) is 0 Å². The Morgan fingerprint density at radius 3 is 2.92 bits per heavy atom. The van der Waals surface area contributed by atoms with Crippen molar-refractivity contribution < 1.29 is 14.3 Å². The van der Waals surface area contributed by atoms with Crippen molar-refractivity contribution >= 4 is 28.7 Å². The molecule has 0 aliphatic carbocycles. The van der Waals surface area contributed by atoms with Crippen LogP contribution in [0.2, 0.25) is 0 Å². The lowest BCUT2D eigenvalue weighted by Crippen LogP contribution is -2.39. The number of ether oxygens (including phenoxy) is 1. The summed E-state index contributed by atoms with van der Waals surface area (Å²) in [6.07, 6.45) is 3.58. The zero-order valence-electron chi connectivity index (χ0n) is 13.4. The second kappa shape index (κ2) is 7.20. The number of amides is 1. The van der Waals surface area contributed by atoms with Crippen LogP contribution in [0.15, 0.2) is 48.1 Å². The number of carbonyl (C=O) groups is 2. The predicted molar refractivity (Wildman–Crippen MR) is 93.2 cm³/mol. The Bertz CT molecular complexity index is 954. The highest BCUT2D eigenvalue weighted by molar-refractivity contribution is 7.12. The van der Waals surface area contributed by atoms with Gasteiger partial charge in [0.25, 0.3) is 5.91 Å². The molecule has 0 saturated carbocycles. The molecule has 0 bridgehead atoms. The number of thiophene rings is 1. The Kier molecular flexibility index (Phi) is 4.82. The van der Waals surface area contributed by atoms with Gasteiger partial charge in [-0.2, -0.15) is 5.26 Å². The van der Waals surface area contributed by atoms with E-state index in [1.807, 2.05) is 28.8 Å².